The zero-order chi connectivity index (χ0) is 10.2. The Kier molecular flexibility index (Phi) is 5.80. The second-order valence-electron chi connectivity index (χ2n) is 3.42. The molecule has 1 aromatic heterocycles. The standard InChI is InChI=1S/C11H17BrN2/c1-14(9-4-7-12)10-6-11-5-2-3-8-13-11/h2-3,5,8H,4,6-7,9-10H2,1H3. The Labute approximate surface area is 94.5 Å². The van der Waals surface area contributed by atoms with Crippen LogP contribution in [0, 0.1) is 0 Å². The lowest BCUT2D eigenvalue weighted by Gasteiger charge is -2.15. The lowest BCUT2D eigenvalue weighted by Crippen LogP contribution is -2.22. The first-order valence-corrected chi connectivity index (χ1v) is 6.09. The van der Waals surface area contributed by atoms with E-state index in [1.807, 2.05) is 18.3 Å². The van der Waals surface area contributed by atoms with E-state index in [0.717, 1.165) is 24.8 Å². The highest BCUT2D eigenvalue weighted by Gasteiger charge is 1.98. The maximum atomic E-state index is 4.30. The molecule has 1 heterocycles. The lowest BCUT2D eigenvalue weighted by molar-refractivity contribution is 0.339. The summed E-state index contributed by atoms with van der Waals surface area (Å²) >= 11 is 3.43. The van der Waals surface area contributed by atoms with Crippen molar-refractivity contribution in [1.29, 1.82) is 0 Å². The SMILES string of the molecule is CN(CCCBr)CCc1ccccn1. The first kappa shape index (κ1) is 11.7. The van der Waals surface area contributed by atoms with Crippen molar-refractivity contribution in [2.45, 2.75) is 12.8 Å². The second-order valence-corrected chi connectivity index (χ2v) is 4.21. The molecule has 78 valence electrons. The molecule has 0 spiro atoms. The smallest absolute Gasteiger partial charge is 0.0416 e. The van der Waals surface area contributed by atoms with Crippen molar-refractivity contribution in [1.82, 2.24) is 9.88 Å². The summed E-state index contributed by atoms with van der Waals surface area (Å²) < 4.78 is 0. The van der Waals surface area contributed by atoms with Crippen LogP contribution in [0.5, 0.6) is 0 Å². The molecule has 0 N–H and O–H groups in total. The molecule has 0 bridgehead atoms. The van der Waals surface area contributed by atoms with Gasteiger partial charge in [-0.05, 0) is 32.1 Å². The van der Waals surface area contributed by atoms with Gasteiger partial charge in [0.15, 0.2) is 0 Å². The molecule has 0 unspecified atom stereocenters. The molecule has 2 nitrogen and oxygen atoms in total. The molecule has 3 heteroatoms. The number of likely N-dealkylation sites (N-methyl/N-ethyl adjacent to an activating group) is 1. The van der Waals surface area contributed by atoms with Crippen LogP contribution in [0.15, 0.2) is 24.4 Å². The van der Waals surface area contributed by atoms with Crippen LogP contribution in [-0.2, 0) is 6.42 Å². The topological polar surface area (TPSA) is 16.1 Å². The summed E-state index contributed by atoms with van der Waals surface area (Å²) in [7, 11) is 2.16. The summed E-state index contributed by atoms with van der Waals surface area (Å²) in [4.78, 5) is 6.64. The fraction of sp³-hybridized carbons (Fsp3) is 0.545. The molecule has 14 heavy (non-hydrogen) atoms. The number of hydrogen-bond acceptors (Lipinski definition) is 2. The summed E-state index contributed by atoms with van der Waals surface area (Å²) in [6.07, 6.45) is 4.10. The molecule has 0 aromatic carbocycles. The van der Waals surface area contributed by atoms with Gasteiger partial charge in [0.1, 0.15) is 0 Å². The van der Waals surface area contributed by atoms with Gasteiger partial charge in [-0.2, -0.15) is 0 Å². The predicted octanol–water partition coefficient (Wildman–Crippen LogP) is 2.34. The van der Waals surface area contributed by atoms with Crippen LogP contribution >= 0.6 is 15.9 Å². The van der Waals surface area contributed by atoms with Crippen molar-refractivity contribution in [3.63, 3.8) is 0 Å². The molecule has 0 saturated heterocycles. The third-order valence-electron chi connectivity index (χ3n) is 2.15. The molecule has 1 rings (SSSR count). The van der Waals surface area contributed by atoms with Crippen LogP contribution in [0.2, 0.25) is 0 Å². The Hall–Kier alpha value is -0.410. The predicted molar refractivity (Wildman–Crippen MR) is 63.8 cm³/mol. The van der Waals surface area contributed by atoms with Gasteiger partial charge in [-0.25, -0.2) is 0 Å². The van der Waals surface area contributed by atoms with E-state index in [0.29, 0.717) is 0 Å². The molecule has 0 fully saturated rings. The normalized spacial score (nSPS) is 10.8. The molecule has 0 atom stereocenters. The Bertz CT molecular complexity index is 238. The number of aromatic nitrogens is 1. The van der Waals surface area contributed by atoms with Gasteiger partial charge in [-0.15, -0.1) is 0 Å². The highest BCUT2D eigenvalue weighted by molar-refractivity contribution is 9.09. The first-order valence-electron chi connectivity index (χ1n) is 4.97. The summed E-state index contributed by atoms with van der Waals surface area (Å²) in [5.41, 5.74) is 1.18. The maximum absolute atomic E-state index is 4.30. The highest BCUT2D eigenvalue weighted by atomic mass is 79.9. The van der Waals surface area contributed by atoms with Gasteiger partial charge in [-0.1, -0.05) is 22.0 Å². The van der Waals surface area contributed by atoms with E-state index in [4.69, 9.17) is 0 Å². The maximum Gasteiger partial charge on any atom is 0.0416 e. The molecule has 0 saturated carbocycles. The van der Waals surface area contributed by atoms with Crippen LogP contribution in [0.3, 0.4) is 0 Å². The summed E-state index contributed by atoms with van der Waals surface area (Å²) in [5, 5.41) is 1.08. The zero-order valence-electron chi connectivity index (χ0n) is 8.62. The first-order chi connectivity index (χ1) is 6.83. The molecule has 0 radical (unpaired) electrons. The number of nitrogens with zero attached hydrogens (tertiary/aromatic N) is 2. The van der Waals surface area contributed by atoms with Crippen molar-refractivity contribution in [2.75, 3.05) is 25.5 Å². The van der Waals surface area contributed by atoms with Gasteiger partial charge in [-0.3, -0.25) is 4.98 Å². The third kappa shape index (κ3) is 4.72. The van der Waals surface area contributed by atoms with Crippen molar-refractivity contribution in [2.24, 2.45) is 0 Å². The van der Waals surface area contributed by atoms with Crippen molar-refractivity contribution in [3.05, 3.63) is 30.1 Å². The van der Waals surface area contributed by atoms with E-state index in [-0.39, 0.29) is 0 Å². The highest BCUT2D eigenvalue weighted by Crippen LogP contribution is 1.97. The summed E-state index contributed by atoms with van der Waals surface area (Å²) in [6.45, 7) is 2.24. The summed E-state index contributed by atoms with van der Waals surface area (Å²) in [6, 6.07) is 6.08. The number of hydrogen-bond donors (Lipinski definition) is 0. The Morgan fingerprint density at radius 2 is 2.21 bits per heavy atom. The van der Waals surface area contributed by atoms with Crippen LogP contribution in [0.25, 0.3) is 0 Å². The van der Waals surface area contributed by atoms with Gasteiger partial charge < -0.3 is 4.90 Å². The molecular formula is C11H17BrN2. The van der Waals surface area contributed by atoms with Gasteiger partial charge in [0.2, 0.25) is 0 Å². The number of alkyl halides is 1. The minimum absolute atomic E-state index is 1.04. The van der Waals surface area contributed by atoms with E-state index < -0.39 is 0 Å². The van der Waals surface area contributed by atoms with Crippen LogP contribution in [0.1, 0.15) is 12.1 Å². The van der Waals surface area contributed by atoms with E-state index >= 15 is 0 Å². The largest absolute Gasteiger partial charge is 0.306 e. The summed E-state index contributed by atoms with van der Waals surface area (Å²) in [5.74, 6) is 0. The molecule has 0 aliphatic rings. The molecule has 0 amide bonds. The Morgan fingerprint density at radius 3 is 2.86 bits per heavy atom. The molecule has 0 aliphatic heterocycles. The van der Waals surface area contributed by atoms with E-state index in [2.05, 4.69) is 38.9 Å². The van der Waals surface area contributed by atoms with E-state index in [1.54, 1.807) is 0 Å². The second kappa shape index (κ2) is 6.96. The van der Waals surface area contributed by atoms with Gasteiger partial charge in [0, 0.05) is 30.2 Å². The van der Waals surface area contributed by atoms with Crippen molar-refractivity contribution in [3.8, 4) is 0 Å². The van der Waals surface area contributed by atoms with Gasteiger partial charge in [0.25, 0.3) is 0 Å². The average molecular weight is 257 g/mol. The van der Waals surface area contributed by atoms with Gasteiger partial charge in [0.05, 0.1) is 0 Å². The third-order valence-corrected chi connectivity index (χ3v) is 2.71. The Balaban J connectivity index is 2.20. The van der Waals surface area contributed by atoms with E-state index in [9.17, 15) is 0 Å². The minimum Gasteiger partial charge on any atom is -0.306 e. The minimum atomic E-state index is 1.04. The van der Waals surface area contributed by atoms with Gasteiger partial charge >= 0.3 is 0 Å². The monoisotopic (exact) mass is 256 g/mol. The quantitative estimate of drug-likeness (QED) is 0.727. The van der Waals surface area contributed by atoms with Crippen LogP contribution < -0.4 is 0 Å². The molecule has 0 aliphatic carbocycles. The fourth-order valence-corrected chi connectivity index (χ4v) is 1.54. The Morgan fingerprint density at radius 1 is 1.36 bits per heavy atom. The number of halogens is 1. The molecular weight excluding hydrogens is 240 g/mol. The fourth-order valence-electron chi connectivity index (χ4n) is 1.29. The zero-order valence-corrected chi connectivity index (χ0v) is 10.2. The van der Waals surface area contributed by atoms with Crippen LogP contribution in [0.4, 0.5) is 0 Å². The number of pyridine rings is 1. The van der Waals surface area contributed by atoms with Crippen molar-refractivity contribution >= 4 is 15.9 Å². The average Bonchev–Trinajstić information content (AvgIpc) is 2.25. The van der Waals surface area contributed by atoms with Crippen molar-refractivity contribution < 1.29 is 0 Å². The van der Waals surface area contributed by atoms with Crippen LogP contribution in [-0.4, -0.2) is 35.4 Å². The molecule has 1 aromatic rings. The number of rotatable bonds is 6. The van der Waals surface area contributed by atoms with E-state index in [1.165, 1.54) is 12.1 Å². The lowest BCUT2D eigenvalue weighted by atomic mass is 10.2.